The van der Waals surface area contributed by atoms with E-state index in [2.05, 4.69) is 20.4 Å². The van der Waals surface area contributed by atoms with Crippen molar-refractivity contribution in [2.75, 3.05) is 13.1 Å². The molecule has 1 N–H and O–H groups in total. The van der Waals surface area contributed by atoms with E-state index < -0.39 is 5.25 Å². The minimum Gasteiger partial charge on any atom is -0.349 e. The Morgan fingerprint density at radius 1 is 0.971 bits per heavy atom. The molecule has 4 rings (SSSR count). The third-order valence-corrected chi connectivity index (χ3v) is 7.02. The predicted octanol–water partition coefficient (Wildman–Crippen LogP) is 4.89. The molecule has 180 valence electrons. The number of likely N-dealkylation sites (tertiary alicyclic amines) is 1. The van der Waals surface area contributed by atoms with Crippen LogP contribution in [0.3, 0.4) is 0 Å². The van der Waals surface area contributed by atoms with E-state index in [-0.39, 0.29) is 23.6 Å². The van der Waals surface area contributed by atoms with E-state index in [1.165, 1.54) is 42.4 Å². The number of hydrogen-bond donors (Lipinski definition) is 1. The first-order valence-corrected chi connectivity index (χ1v) is 12.4. The van der Waals surface area contributed by atoms with Crippen LogP contribution in [0.25, 0.3) is 5.69 Å². The van der Waals surface area contributed by atoms with Crippen LogP contribution < -0.4 is 5.32 Å². The lowest BCUT2D eigenvalue weighted by molar-refractivity contribution is -0.120. The zero-order chi connectivity index (χ0) is 24.1. The number of carbonyl (C=O) groups excluding carboxylic acids is 1. The van der Waals surface area contributed by atoms with Gasteiger partial charge in [-0.1, -0.05) is 30.3 Å². The molecule has 3 aromatic rings. The smallest absolute Gasteiger partial charge is 0.233 e. The highest BCUT2D eigenvalue weighted by Crippen LogP contribution is 2.27. The van der Waals surface area contributed by atoms with Crippen molar-refractivity contribution in [1.29, 1.82) is 0 Å². The molecule has 0 saturated carbocycles. The number of benzene rings is 2. The van der Waals surface area contributed by atoms with Gasteiger partial charge in [0.2, 0.25) is 5.91 Å². The van der Waals surface area contributed by atoms with Crippen molar-refractivity contribution >= 4 is 17.7 Å². The molecule has 9 heteroatoms. The number of aromatic nitrogens is 3. The second-order valence-electron chi connectivity index (χ2n) is 8.59. The zero-order valence-electron chi connectivity index (χ0n) is 19.4. The van der Waals surface area contributed by atoms with Crippen molar-refractivity contribution in [3.8, 4) is 5.69 Å². The Morgan fingerprint density at radius 2 is 1.59 bits per heavy atom. The highest BCUT2D eigenvalue weighted by molar-refractivity contribution is 8.00. The van der Waals surface area contributed by atoms with Gasteiger partial charge in [0.25, 0.3) is 0 Å². The second kappa shape index (κ2) is 11.1. The Bertz CT molecular complexity index is 1100. The molecule has 1 aliphatic rings. The van der Waals surface area contributed by atoms with Gasteiger partial charge in [0, 0.05) is 5.69 Å². The van der Waals surface area contributed by atoms with Crippen LogP contribution in [0.15, 0.2) is 53.7 Å². The number of nitrogens with zero attached hydrogens (tertiary/aromatic N) is 4. The van der Waals surface area contributed by atoms with Crippen LogP contribution in [0.2, 0.25) is 0 Å². The van der Waals surface area contributed by atoms with Crippen LogP contribution in [0, 0.1) is 11.6 Å². The fourth-order valence-electron chi connectivity index (χ4n) is 4.02. The van der Waals surface area contributed by atoms with Gasteiger partial charge in [-0.05, 0) is 81.7 Å². The van der Waals surface area contributed by atoms with Crippen molar-refractivity contribution in [1.82, 2.24) is 25.0 Å². The van der Waals surface area contributed by atoms with Crippen molar-refractivity contribution in [3.63, 3.8) is 0 Å². The molecule has 2 aromatic carbocycles. The summed E-state index contributed by atoms with van der Waals surface area (Å²) in [6.45, 7) is 6.34. The molecule has 0 aliphatic carbocycles. The van der Waals surface area contributed by atoms with E-state index in [4.69, 9.17) is 0 Å². The monoisotopic (exact) mass is 485 g/mol. The highest BCUT2D eigenvalue weighted by Gasteiger charge is 2.24. The van der Waals surface area contributed by atoms with Gasteiger partial charge in [-0.15, -0.1) is 10.2 Å². The minimum absolute atomic E-state index is 0.159. The van der Waals surface area contributed by atoms with Crippen LogP contribution in [-0.4, -0.2) is 43.9 Å². The van der Waals surface area contributed by atoms with Gasteiger partial charge in [-0.3, -0.25) is 14.3 Å². The summed E-state index contributed by atoms with van der Waals surface area (Å²) in [7, 11) is 0. The quantitative estimate of drug-likeness (QED) is 0.461. The average molecular weight is 486 g/mol. The molecule has 0 unspecified atom stereocenters. The van der Waals surface area contributed by atoms with Crippen LogP contribution >= 0.6 is 11.8 Å². The molecule has 0 spiro atoms. The van der Waals surface area contributed by atoms with Crippen LogP contribution in [0.4, 0.5) is 8.78 Å². The summed E-state index contributed by atoms with van der Waals surface area (Å²) in [5.74, 6) is -0.0193. The number of hydrogen-bond acceptors (Lipinski definition) is 5. The maximum absolute atomic E-state index is 13.6. The molecule has 1 saturated heterocycles. The second-order valence-corrected chi connectivity index (χ2v) is 9.90. The molecular weight excluding hydrogens is 456 g/mol. The summed E-state index contributed by atoms with van der Waals surface area (Å²) >= 11 is 1.30. The summed E-state index contributed by atoms with van der Waals surface area (Å²) in [5, 5.41) is 11.9. The lowest BCUT2D eigenvalue weighted by Crippen LogP contribution is -2.33. The van der Waals surface area contributed by atoms with Crippen molar-refractivity contribution in [2.24, 2.45) is 0 Å². The zero-order valence-corrected chi connectivity index (χ0v) is 20.2. The predicted molar refractivity (Wildman–Crippen MR) is 129 cm³/mol. The fraction of sp³-hybridized carbons (Fsp3) is 0.400. The van der Waals surface area contributed by atoms with Gasteiger partial charge in [-0.2, -0.15) is 0 Å². The summed E-state index contributed by atoms with van der Waals surface area (Å²) in [6, 6.07) is 12.0. The Balaban J connectivity index is 1.51. The number of carbonyl (C=O) groups is 1. The van der Waals surface area contributed by atoms with Crippen LogP contribution in [0.5, 0.6) is 0 Å². The number of piperidine rings is 1. The summed E-state index contributed by atoms with van der Waals surface area (Å²) in [5.41, 5.74) is 1.58. The first kappa shape index (κ1) is 24.3. The molecule has 34 heavy (non-hydrogen) atoms. The van der Waals surface area contributed by atoms with Crippen LogP contribution in [0.1, 0.15) is 50.5 Å². The molecule has 0 radical (unpaired) electrons. The number of amides is 1. The third kappa shape index (κ3) is 6.01. The molecule has 2 atom stereocenters. The first-order chi connectivity index (χ1) is 16.4. The van der Waals surface area contributed by atoms with E-state index >= 15 is 0 Å². The average Bonchev–Trinajstić information content (AvgIpc) is 3.22. The van der Waals surface area contributed by atoms with Gasteiger partial charge in [0.1, 0.15) is 11.6 Å². The van der Waals surface area contributed by atoms with Crippen molar-refractivity contribution in [3.05, 3.63) is 71.6 Å². The van der Waals surface area contributed by atoms with Gasteiger partial charge >= 0.3 is 0 Å². The molecule has 2 heterocycles. The normalized spacial score (nSPS) is 16.2. The van der Waals surface area contributed by atoms with Crippen molar-refractivity contribution < 1.29 is 13.6 Å². The SMILES string of the molecule is C[C@H](NC(=O)[C@@H](C)Sc1nnc(CN2CCCCC2)n1-c1ccc(F)cc1)c1ccc(F)cc1. The van der Waals surface area contributed by atoms with E-state index in [9.17, 15) is 13.6 Å². The summed E-state index contributed by atoms with van der Waals surface area (Å²) in [4.78, 5) is 15.2. The van der Waals surface area contributed by atoms with E-state index in [0.29, 0.717) is 11.7 Å². The lowest BCUT2D eigenvalue weighted by atomic mass is 10.1. The molecule has 1 fully saturated rings. The third-order valence-electron chi connectivity index (χ3n) is 5.98. The lowest BCUT2D eigenvalue weighted by Gasteiger charge is -2.26. The van der Waals surface area contributed by atoms with Gasteiger partial charge < -0.3 is 5.32 Å². The summed E-state index contributed by atoms with van der Waals surface area (Å²) in [6.07, 6.45) is 3.57. The summed E-state index contributed by atoms with van der Waals surface area (Å²) < 4.78 is 28.7. The van der Waals surface area contributed by atoms with Gasteiger partial charge in [0.15, 0.2) is 11.0 Å². The minimum atomic E-state index is -0.450. The van der Waals surface area contributed by atoms with Gasteiger partial charge in [-0.25, -0.2) is 8.78 Å². The molecule has 1 amide bonds. The number of nitrogens with one attached hydrogen (secondary N) is 1. The van der Waals surface area contributed by atoms with E-state index in [0.717, 1.165) is 43.0 Å². The number of halogens is 2. The molecule has 1 aromatic heterocycles. The number of thioether (sulfide) groups is 1. The Morgan fingerprint density at radius 3 is 2.24 bits per heavy atom. The molecule has 6 nitrogen and oxygen atoms in total. The van der Waals surface area contributed by atoms with E-state index in [1.54, 1.807) is 24.3 Å². The highest BCUT2D eigenvalue weighted by atomic mass is 32.2. The van der Waals surface area contributed by atoms with E-state index in [1.807, 2.05) is 18.4 Å². The molecule has 0 bridgehead atoms. The molecule has 1 aliphatic heterocycles. The standard InChI is InChI=1S/C25H29F2N5OS/c1-17(19-6-8-20(26)9-7-19)28-24(33)18(2)34-25-30-29-23(16-31-14-4-3-5-15-31)32(25)22-12-10-21(27)11-13-22/h6-13,17-18H,3-5,14-16H2,1-2H3,(H,28,33)/t17-,18+/m0/s1. The Kier molecular flexibility index (Phi) is 7.95. The van der Waals surface area contributed by atoms with Gasteiger partial charge in [0.05, 0.1) is 17.8 Å². The topological polar surface area (TPSA) is 63.1 Å². The van der Waals surface area contributed by atoms with Crippen LogP contribution in [-0.2, 0) is 11.3 Å². The number of rotatable bonds is 8. The Labute approximate surface area is 202 Å². The maximum Gasteiger partial charge on any atom is 0.233 e. The Hall–Kier alpha value is -2.78. The largest absolute Gasteiger partial charge is 0.349 e. The molecular formula is C25H29F2N5OS. The fourth-order valence-corrected chi connectivity index (χ4v) is 4.92. The maximum atomic E-state index is 13.6. The van der Waals surface area contributed by atoms with Crippen molar-refractivity contribution in [2.45, 2.75) is 56.1 Å². The first-order valence-electron chi connectivity index (χ1n) is 11.6.